The van der Waals surface area contributed by atoms with Crippen molar-refractivity contribution in [2.75, 3.05) is 6.54 Å². The second-order valence-electron chi connectivity index (χ2n) is 3.66. The van der Waals surface area contributed by atoms with E-state index in [1.165, 1.54) is 12.8 Å². The highest BCUT2D eigenvalue weighted by molar-refractivity contribution is 5.81. The Morgan fingerprint density at radius 1 is 1.77 bits per heavy atom. The number of hydrazine groups is 1. The summed E-state index contributed by atoms with van der Waals surface area (Å²) in [5.74, 6) is 5.08. The number of hydrogen-bond donors (Lipinski definition) is 2. The van der Waals surface area contributed by atoms with Gasteiger partial charge >= 0.3 is 0 Å². The van der Waals surface area contributed by atoms with Crippen molar-refractivity contribution in [1.29, 1.82) is 0 Å². The van der Waals surface area contributed by atoms with Gasteiger partial charge in [0.15, 0.2) is 0 Å². The lowest BCUT2D eigenvalue weighted by Crippen LogP contribution is -2.49. The molecular weight excluding hydrogens is 166 g/mol. The number of nitrogens with two attached hydrogens (primary N) is 1. The van der Waals surface area contributed by atoms with Crippen LogP contribution in [-0.2, 0) is 4.79 Å². The molecule has 4 nitrogen and oxygen atoms in total. The lowest BCUT2D eigenvalue weighted by atomic mass is 10.1. The van der Waals surface area contributed by atoms with E-state index in [1.54, 1.807) is 0 Å². The molecule has 1 rings (SSSR count). The van der Waals surface area contributed by atoms with Gasteiger partial charge in [-0.05, 0) is 32.7 Å². The molecule has 1 fully saturated rings. The smallest absolute Gasteiger partial charge is 0.251 e. The maximum Gasteiger partial charge on any atom is 0.251 e. The van der Waals surface area contributed by atoms with Crippen LogP contribution in [-0.4, -0.2) is 29.4 Å². The first-order valence-corrected chi connectivity index (χ1v) is 4.97. The Hall–Kier alpha value is -0.610. The average Bonchev–Trinajstić information content (AvgIpc) is 2.53. The minimum absolute atomic E-state index is 0.0394. The molecule has 1 heterocycles. The fourth-order valence-electron chi connectivity index (χ4n) is 2.09. The van der Waals surface area contributed by atoms with E-state index < -0.39 is 0 Å². The highest BCUT2D eigenvalue weighted by Gasteiger charge is 2.30. The van der Waals surface area contributed by atoms with Gasteiger partial charge in [-0.2, -0.15) is 0 Å². The quantitative estimate of drug-likeness (QED) is 0.376. The molecule has 1 aliphatic rings. The van der Waals surface area contributed by atoms with E-state index in [2.05, 4.69) is 17.2 Å². The van der Waals surface area contributed by atoms with Crippen molar-refractivity contribution in [3.63, 3.8) is 0 Å². The van der Waals surface area contributed by atoms with Crippen LogP contribution in [0.2, 0.25) is 0 Å². The molecule has 13 heavy (non-hydrogen) atoms. The fraction of sp³-hybridized carbons (Fsp3) is 0.889. The molecule has 2 atom stereocenters. The first-order valence-electron chi connectivity index (χ1n) is 4.97. The predicted octanol–water partition coefficient (Wildman–Crippen LogP) is 0.239. The SMILES string of the molecule is CCC(C(=O)NN)N1CCCC1C. The van der Waals surface area contributed by atoms with Crippen LogP contribution in [0, 0.1) is 0 Å². The van der Waals surface area contributed by atoms with Gasteiger partial charge in [-0.3, -0.25) is 15.1 Å². The van der Waals surface area contributed by atoms with E-state index in [1.807, 2.05) is 6.92 Å². The van der Waals surface area contributed by atoms with Crippen molar-refractivity contribution in [3.8, 4) is 0 Å². The summed E-state index contributed by atoms with van der Waals surface area (Å²) < 4.78 is 0. The maximum absolute atomic E-state index is 11.4. The van der Waals surface area contributed by atoms with Crippen LogP contribution >= 0.6 is 0 Å². The molecule has 0 radical (unpaired) electrons. The first-order chi connectivity index (χ1) is 6.20. The molecule has 0 aromatic rings. The fourth-order valence-corrected chi connectivity index (χ4v) is 2.09. The van der Waals surface area contributed by atoms with Crippen LogP contribution < -0.4 is 11.3 Å². The van der Waals surface area contributed by atoms with Crippen molar-refractivity contribution in [2.45, 2.75) is 45.2 Å². The summed E-state index contributed by atoms with van der Waals surface area (Å²) in [7, 11) is 0. The molecule has 0 saturated carbocycles. The van der Waals surface area contributed by atoms with Crippen molar-refractivity contribution < 1.29 is 4.79 Å². The number of rotatable bonds is 3. The summed E-state index contributed by atoms with van der Waals surface area (Å²) in [6.45, 7) is 5.21. The average molecular weight is 185 g/mol. The Balaban J connectivity index is 2.59. The van der Waals surface area contributed by atoms with Crippen LogP contribution in [0.25, 0.3) is 0 Å². The lowest BCUT2D eigenvalue weighted by molar-refractivity contribution is -0.126. The highest BCUT2D eigenvalue weighted by atomic mass is 16.2. The molecule has 4 heteroatoms. The summed E-state index contributed by atoms with van der Waals surface area (Å²) >= 11 is 0. The van der Waals surface area contributed by atoms with Gasteiger partial charge in [-0.1, -0.05) is 6.92 Å². The summed E-state index contributed by atoms with van der Waals surface area (Å²) in [4.78, 5) is 13.6. The van der Waals surface area contributed by atoms with Crippen LogP contribution in [0.4, 0.5) is 0 Å². The molecule has 3 N–H and O–H groups in total. The van der Waals surface area contributed by atoms with E-state index in [-0.39, 0.29) is 11.9 Å². The molecule has 0 aromatic carbocycles. The molecular formula is C9H19N3O. The topological polar surface area (TPSA) is 58.4 Å². The van der Waals surface area contributed by atoms with E-state index in [4.69, 9.17) is 5.84 Å². The van der Waals surface area contributed by atoms with Crippen LogP contribution in [0.1, 0.15) is 33.1 Å². The summed E-state index contributed by atoms with van der Waals surface area (Å²) in [5.41, 5.74) is 2.23. The van der Waals surface area contributed by atoms with Crippen LogP contribution in [0.3, 0.4) is 0 Å². The molecule has 0 aliphatic carbocycles. The van der Waals surface area contributed by atoms with E-state index in [0.29, 0.717) is 6.04 Å². The van der Waals surface area contributed by atoms with Gasteiger partial charge in [0.2, 0.25) is 0 Å². The van der Waals surface area contributed by atoms with Crippen molar-refractivity contribution in [3.05, 3.63) is 0 Å². The van der Waals surface area contributed by atoms with Gasteiger partial charge in [0.1, 0.15) is 0 Å². The largest absolute Gasteiger partial charge is 0.293 e. The highest BCUT2D eigenvalue weighted by Crippen LogP contribution is 2.20. The molecule has 0 bridgehead atoms. The number of carbonyl (C=O) groups excluding carboxylic acids is 1. The second-order valence-corrected chi connectivity index (χ2v) is 3.66. The lowest BCUT2D eigenvalue weighted by Gasteiger charge is -2.28. The number of likely N-dealkylation sites (tertiary alicyclic amines) is 1. The Morgan fingerprint density at radius 3 is 2.85 bits per heavy atom. The summed E-state index contributed by atoms with van der Waals surface area (Å²) in [6.07, 6.45) is 3.21. The zero-order valence-electron chi connectivity index (χ0n) is 8.42. The normalized spacial score (nSPS) is 25.9. The number of nitrogens with one attached hydrogen (secondary N) is 1. The third-order valence-electron chi connectivity index (χ3n) is 2.84. The van der Waals surface area contributed by atoms with Gasteiger partial charge in [0.25, 0.3) is 5.91 Å². The van der Waals surface area contributed by atoms with Gasteiger partial charge < -0.3 is 0 Å². The zero-order chi connectivity index (χ0) is 9.84. The number of carbonyl (C=O) groups is 1. The number of amides is 1. The van der Waals surface area contributed by atoms with Crippen molar-refractivity contribution in [1.82, 2.24) is 10.3 Å². The van der Waals surface area contributed by atoms with E-state index in [0.717, 1.165) is 13.0 Å². The standard InChI is InChI=1S/C9H19N3O/c1-3-8(9(13)11-10)12-6-4-5-7(12)2/h7-8H,3-6,10H2,1-2H3,(H,11,13). The molecule has 0 spiro atoms. The van der Waals surface area contributed by atoms with Gasteiger partial charge in [0, 0.05) is 6.04 Å². The minimum atomic E-state index is -0.0590. The van der Waals surface area contributed by atoms with Gasteiger partial charge in [-0.15, -0.1) is 0 Å². The van der Waals surface area contributed by atoms with Crippen LogP contribution in [0.15, 0.2) is 0 Å². The Labute approximate surface area is 79.4 Å². The second kappa shape index (κ2) is 4.58. The molecule has 2 unspecified atom stereocenters. The monoisotopic (exact) mass is 185 g/mol. The predicted molar refractivity (Wildman–Crippen MR) is 51.8 cm³/mol. The number of hydrogen-bond acceptors (Lipinski definition) is 3. The molecule has 1 amide bonds. The zero-order valence-corrected chi connectivity index (χ0v) is 8.42. The van der Waals surface area contributed by atoms with Crippen molar-refractivity contribution in [2.24, 2.45) is 5.84 Å². The Bertz CT molecular complexity index is 184. The van der Waals surface area contributed by atoms with Crippen LogP contribution in [0.5, 0.6) is 0 Å². The maximum atomic E-state index is 11.4. The molecule has 1 saturated heterocycles. The molecule has 76 valence electrons. The van der Waals surface area contributed by atoms with Gasteiger partial charge in [-0.25, -0.2) is 5.84 Å². The Morgan fingerprint density at radius 2 is 2.46 bits per heavy atom. The van der Waals surface area contributed by atoms with Crippen molar-refractivity contribution >= 4 is 5.91 Å². The van der Waals surface area contributed by atoms with E-state index >= 15 is 0 Å². The molecule has 0 aromatic heterocycles. The first kappa shape index (κ1) is 10.5. The third kappa shape index (κ3) is 2.19. The summed E-state index contributed by atoms with van der Waals surface area (Å²) in [5, 5.41) is 0. The minimum Gasteiger partial charge on any atom is -0.293 e. The third-order valence-corrected chi connectivity index (χ3v) is 2.84. The van der Waals surface area contributed by atoms with Gasteiger partial charge in [0.05, 0.1) is 6.04 Å². The Kier molecular flexibility index (Phi) is 3.69. The summed E-state index contributed by atoms with van der Waals surface area (Å²) in [6, 6.07) is 0.477. The number of nitrogens with zero attached hydrogens (tertiary/aromatic N) is 1. The van der Waals surface area contributed by atoms with E-state index in [9.17, 15) is 4.79 Å². The molecule has 1 aliphatic heterocycles.